The number of halogens is 1. The number of hydrogen-bond acceptors (Lipinski definition) is 4. The van der Waals surface area contributed by atoms with Crippen molar-refractivity contribution in [1.29, 1.82) is 0 Å². The van der Waals surface area contributed by atoms with Crippen LogP contribution in [0.1, 0.15) is 24.1 Å². The molecular weight excluding hydrogens is 278 g/mol. The molecule has 1 aromatic carbocycles. The van der Waals surface area contributed by atoms with Gasteiger partial charge in [0, 0.05) is 29.0 Å². The highest BCUT2D eigenvalue weighted by Gasteiger charge is 2.18. The minimum Gasteiger partial charge on any atom is -0.258 e. The van der Waals surface area contributed by atoms with E-state index in [1.807, 2.05) is 0 Å². The van der Waals surface area contributed by atoms with Crippen molar-refractivity contribution in [2.24, 2.45) is 0 Å². The summed E-state index contributed by atoms with van der Waals surface area (Å²) in [5, 5.41) is 11.3. The average Bonchev–Trinajstić information content (AvgIpc) is 2.47. The maximum atomic E-state index is 10.8. The first kappa shape index (κ1) is 13.0. The molecule has 0 fully saturated rings. The minimum absolute atomic E-state index is 0.0277. The van der Waals surface area contributed by atoms with Crippen molar-refractivity contribution in [3.05, 3.63) is 50.8 Å². The number of fused-ring (bicyclic) bond motifs is 1. The second-order valence-corrected chi connectivity index (χ2v) is 5.14. The second-order valence-electron chi connectivity index (χ2n) is 4.78. The zero-order chi connectivity index (χ0) is 14.1. The van der Waals surface area contributed by atoms with Crippen LogP contribution in [0.5, 0.6) is 0 Å². The molecule has 0 spiro atoms. The first-order valence-corrected chi connectivity index (χ1v) is 6.83. The molecule has 0 atom stereocenters. The summed E-state index contributed by atoms with van der Waals surface area (Å²) in [6.07, 6.45) is 3.99. The molecule has 1 aliphatic rings. The highest BCUT2D eigenvalue weighted by atomic mass is 35.5. The molecule has 0 aliphatic heterocycles. The Labute approximate surface area is 120 Å². The van der Waals surface area contributed by atoms with Crippen LogP contribution in [0.25, 0.3) is 11.4 Å². The lowest BCUT2D eigenvalue weighted by atomic mass is 9.97. The summed E-state index contributed by atoms with van der Waals surface area (Å²) < 4.78 is 0. The van der Waals surface area contributed by atoms with Gasteiger partial charge in [0.15, 0.2) is 5.82 Å². The number of nitro benzene ring substituents is 1. The summed E-state index contributed by atoms with van der Waals surface area (Å²) in [5.74, 6) is 0.458. The third kappa shape index (κ3) is 2.36. The van der Waals surface area contributed by atoms with Crippen molar-refractivity contribution in [2.45, 2.75) is 25.7 Å². The summed E-state index contributed by atoms with van der Waals surface area (Å²) in [6.45, 7) is 0. The lowest BCUT2D eigenvalue weighted by Gasteiger charge is -2.16. The molecule has 0 saturated carbocycles. The van der Waals surface area contributed by atoms with Crippen molar-refractivity contribution < 1.29 is 4.92 Å². The fourth-order valence-corrected chi connectivity index (χ4v) is 2.72. The van der Waals surface area contributed by atoms with E-state index in [9.17, 15) is 10.1 Å². The summed E-state index contributed by atoms with van der Waals surface area (Å²) in [4.78, 5) is 19.2. The molecule has 102 valence electrons. The molecule has 0 amide bonds. The zero-order valence-electron chi connectivity index (χ0n) is 10.7. The summed E-state index contributed by atoms with van der Waals surface area (Å²) in [6, 6.07) is 6.31. The van der Waals surface area contributed by atoms with Crippen LogP contribution >= 0.6 is 11.6 Å². The van der Waals surface area contributed by atoms with Gasteiger partial charge in [0.2, 0.25) is 0 Å². The molecule has 3 rings (SSSR count). The monoisotopic (exact) mass is 289 g/mol. The van der Waals surface area contributed by atoms with Crippen LogP contribution in [0, 0.1) is 10.1 Å². The first-order valence-electron chi connectivity index (χ1n) is 6.45. The number of hydrogen-bond donors (Lipinski definition) is 0. The summed E-state index contributed by atoms with van der Waals surface area (Å²) >= 11 is 6.21. The predicted octanol–water partition coefficient (Wildman–Crippen LogP) is 3.58. The second kappa shape index (κ2) is 5.17. The molecule has 2 aromatic rings. The molecule has 0 unspecified atom stereocenters. The van der Waals surface area contributed by atoms with Gasteiger partial charge in [-0.15, -0.1) is 0 Å². The van der Waals surface area contributed by atoms with E-state index in [1.165, 1.54) is 12.1 Å². The van der Waals surface area contributed by atoms with E-state index in [0.717, 1.165) is 36.9 Å². The molecule has 0 saturated heterocycles. The Hall–Kier alpha value is -2.01. The standard InChI is InChI=1S/C14H12ClN3O2/c15-13-11-6-1-2-7-12(11)16-14(17-13)9-4-3-5-10(8-9)18(19)20/h3-5,8H,1-2,6-7H2. The number of non-ortho nitro benzene ring substituents is 1. The average molecular weight is 290 g/mol. The topological polar surface area (TPSA) is 68.9 Å². The number of nitrogens with zero attached hydrogens (tertiary/aromatic N) is 3. The Morgan fingerprint density at radius 2 is 2.00 bits per heavy atom. The summed E-state index contributed by atoms with van der Waals surface area (Å²) in [5.41, 5.74) is 2.64. The van der Waals surface area contributed by atoms with Crippen molar-refractivity contribution in [3.8, 4) is 11.4 Å². The van der Waals surface area contributed by atoms with Crippen molar-refractivity contribution in [1.82, 2.24) is 9.97 Å². The van der Waals surface area contributed by atoms with E-state index in [1.54, 1.807) is 12.1 Å². The summed E-state index contributed by atoms with van der Waals surface area (Å²) in [7, 11) is 0. The molecule has 0 N–H and O–H groups in total. The predicted molar refractivity (Wildman–Crippen MR) is 75.8 cm³/mol. The first-order chi connectivity index (χ1) is 9.65. The SMILES string of the molecule is O=[N+]([O-])c1cccc(-c2nc(Cl)c3c(n2)CCCC3)c1. The van der Waals surface area contributed by atoms with Crippen LogP contribution in [0.4, 0.5) is 5.69 Å². The Morgan fingerprint density at radius 3 is 2.80 bits per heavy atom. The number of nitro groups is 1. The van der Waals surface area contributed by atoms with E-state index < -0.39 is 4.92 Å². The van der Waals surface area contributed by atoms with Gasteiger partial charge in [-0.3, -0.25) is 10.1 Å². The Kier molecular flexibility index (Phi) is 3.36. The fraction of sp³-hybridized carbons (Fsp3) is 0.286. The van der Waals surface area contributed by atoms with Crippen LogP contribution < -0.4 is 0 Å². The van der Waals surface area contributed by atoms with Gasteiger partial charge in [-0.25, -0.2) is 9.97 Å². The normalized spacial score (nSPS) is 13.8. The van der Waals surface area contributed by atoms with Crippen molar-refractivity contribution >= 4 is 17.3 Å². The van der Waals surface area contributed by atoms with Crippen LogP contribution in [-0.4, -0.2) is 14.9 Å². The Balaban J connectivity index is 2.08. The van der Waals surface area contributed by atoms with Gasteiger partial charge in [-0.05, 0) is 25.7 Å². The number of aromatic nitrogens is 2. The molecule has 1 heterocycles. The van der Waals surface area contributed by atoms with Crippen LogP contribution in [0.3, 0.4) is 0 Å². The van der Waals surface area contributed by atoms with E-state index in [0.29, 0.717) is 16.5 Å². The molecule has 5 nitrogen and oxygen atoms in total. The molecule has 1 aliphatic carbocycles. The highest BCUT2D eigenvalue weighted by Crippen LogP contribution is 2.29. The van der Waals surface area contributed by atoms with Gasteiger partial charge in [0.05, 0.1) is 4.92 Å². The van der Waals surface area contributed by atoms with Gasteiger partial charge < -0.3 is 0 Å². The van der Waals surface area contributed by atoms with E-state index in [4.69, 9.17) is 11.6 Å². The highest BCUT2D eigenvalue weighted by molar-refractivity contribution is 6.30. The van der Waals surface area contributed by atoms with Crippen LogP contribution in [0.15, 0.2) is 24.3 Å². The Bertz CT molecular complexity index is 688. The number of aryl methyl sites for hydroxylation is 1. The quantitative estimate of drug-likeness (QED) is 0.481. The molecule has 20 heavy (non-hydrogen) atoms. The van der Waals surface area contributed by atoms with E-state index in [2.05, 4.69) is 9.97 Å². The largest absolute Gasteiger partial charge is 0.270 e. The van der Waals surface area contributed by atoms with Crippen molar-refractivity contribution in [2.75, 3.05) is 0 Å². The van der Waals surface area contributed by atoms with Gasteiger partial charge >= 0.3 is 0 Å². The van der Waals surface area contributed by atoms with Gasteiger partial charge in [-0.1, -0.05) is 23.7 Å². The van der Waals surface area contributed by atoms with Crippen molar-refractivity contribution in [3.63, 3.8) is 0 Å². The fourth-order valence-electron chi connectivity index (χ4n) is 2.44. The smallest absolute Gasteiger partial charge is 0.258 e. The van der Waals surface area contributed by atoms with Crippen LogP contribution in [-0.2, 0) is 12.8 Å². The number of benzene rings is 1. The maximum absolute atomic E-state index is 10.8. The maximum Gasteiger partial charge on any atom is 0.270 e. The molecular formula is C14H12ClN3O2. The number of rotatable bonds is 2. The van der Waals surface area contributed by atoms with Gasteiger partial charge in [-0.2, -0.15) is 0 Å². The molecule has 6 heteroatoms. The van der Waals surface area contributed by atoms with E-state index in [-0.39, 0.29) is 5.69 Å². The third-order valence-corrected chi connectivity index (χ3v) is 3.76. The molecule has 1 aromatic heterocycles. The van der Waals surface area contributed by atoms with Gasteiger partial charge in [0.25, 0.3) is 5.69 Å². The zero-order valence-corrected chi connectivity index (χ0v) is 11.4. The van der Waals surface area contributed by atoms with Gasteiger partial charge in [0.1, 0.15) is 5.15 Å². The lowest BCUT2D eigenvalue weighted by Crippen LogP contribution is -2.08. The molecule has 0 radical (unpaired) electrons. The van der Waals surface area contributed by atoms with E-state index >= 15 is 0 Å². The third-order valence-electron chi connectivity index (χ3n) is 3.45. The minimum atomic E-state index is -0.427. The Morgan fingerprint density at radius 1 is 1.20 bits per heavy atom. The molecule has 0 bridgehead atoms. The lowest BCUT2D eigenvalue weighted by molar-refractivity contribution is -0.384. The van der Waals surface area contributed by atoms with Crippen LogP contribution in [0.2, 0.25) is 5.15 Å².